The first kappa shape index (κ1) is 12.3. The lowest BCUT2D eigenvalue weighted by Gasteiger charge is -2.06. The quantitative estimate of drug-likeness (QED) is 0.664. The van der Waals surface area contributed by atoms with Gasteiger partial charge in [-0.2, -0.15) is 0 Å². The van der Waals surface area contributed by atoms with Crippen LogP contribution in [0.3, 0.4) is 0 Å². The molecule has 0 aliphatic rings. The van der Waals surface area contributed by atoms with Gasteiger partial charge in [-0.1, -0.05) is 48.6 Å². The zero-order valence-electron chi connectivity index (χ0n) is 10.5. The molecule has 19 heavy (non-hydrogen) atoms. The Hall–Kier alpha value is -1.71. The second-order valence-electron chi connectivity index (χ2n) is 4.37. The van der Waals surface area contributed by atoms with Gasteiger partial charge in [0.2, 0.25) is 0 Å². The predicted octanol–water partition coefficient (Wildman–Crippen LogP) is 5.00. The standard InChI is InChI=1S/C16H13NS2/c1-11-13-9-5-6-10-14(13)19-15(11)16(18)17-12-7-3-2-4-8-12/h2-10H,1H3,(H,17,18). The monoisotopic (exact) mass is 283 g/mol. The third-order valence-corrected chi connectivity index (χ3v) is 4.81. The smallest absolute Gasteiger partial charge is 0.121 e. The Morgan fingerprint density at radius 2 is 1.68 bits per heavy atom. The maximum Gasteiger partial charge on any atom is 0.121 e. The first-order chi connectivity index (χ1) is 9.25. The number of benzene rings is 2. The van der Waals surface area contributed by atoms with E-state index in [2.05, 4.69) is 36.5 Å². The van der Waals surface area contributed by atoms with Crippen molar-refractivity contribution < 1.29 is 0 Å². The molecular weight excluding hydrogens is 270 g/mol. The normalized spacial score (nSPS) is 10.6. The Morgan fingerprint density at radius 3 is 2.42 bits per heavy atom. The first-order valence-electron chi connectivity index (χ1n) is 6.10. The lowest BCUT2D eigenvalue weighted by molar-refractivity contribution is 1.56. The van der Waals surface area contributed by atoms with Gasteiger partial charge in [0.1, 0.15) is 4.99 Å². The summed E-state index contributed by atoms with van der Waals surface area (Å²) < 4.78 is 1.28. The van der Waals surface area contributed by atoms with Crippen molar-refractivity contribution in [2.75, 3.05) is 5.32 Å². The van der Waals surface area contributed by atoms with Crippen LogP contribution in [0.15, 0.2) is 54.6 Å². The van der Waals surface area contributed by atoms with Crippen LogP contribution in [0.5, 0.6) is 0 Å². The highest BCUT2D eigenvalue weighted by Crippen LogP contribution is 2.31. The Balaban J connectivity index is 1.96. The van der Waals surface area contributed by atoms with Crippen LogP contribution in [0.25, 0.3) is 10.1 Å². The van der Waals surface area contributed by atoms with E-state index in [-0.39, 0.29) is 0 Å². The molecule has 0 amide bonds. The van der Waals surface area contributed by atoms with E-state index in [9.17, 15) is 0 Å². The van der Waals surface area contributed by atoms with Gasteiger partial charge >= 0.3 is 0 Å². The lowest BCUT2D eigenvalue weighted by Crippen LogP contribution is -2.09. The number of para-hydroxylation sites is 1. The van der Waals surface area contributed by atoms with E-state index in [1.807, 2.05) is 30.3 Å². The fourth-order valence-electron chi connectivity index (χ4n) is 2.10. The van der Waals surface area contributed by atoms with Crippen LogP contribution >= 0.6 is 23.6 Å². The fraction of sp³-hybridized carbons (Fsp3) is 0.0625. The van der Waals surface area contributed by atoms with Crippen LogP contribution in [0, 0.1) is 6.92 Å². The maximum absolute atomic E-state index is 5.53. The predicted molar refractivity (Wildman–Crippen MR) is 88.3 cm³/mol. The Bertz CT molecular complexity index is 729. The number of anilines is 1. The summed E-state index contributed by atoms with van der Waals surface area (Å²) >= 11 is 7.28. The number of thiophene rings is 1. The Labute approximate surface area is 121 Å². The molecule has 0 saturated heterocycles. The molecule has 1 aromatic heterocycles. The van der Waals surface area contributed by atoms with Gasteiger partial charge < -0.3 is 5.32 Å². The van der Waals surface area contributed by atoms with Gasteiger partial charge in [-0.15, -0.1) is 11.3 Å². The zero-order valence-corrected chi connectivity index (χ0v) is 12.1. The molecule has 0 spiro atoms. The summed E-state index contributed by atoms with van der Waals surface area (Å²) in [5.74, 6) is 0. The molecule has 0 atom stereocenters. The minimum Gasteiger partial charge on any atom is -0.345 e. The summed E-state index contributed by atoms with van der Waals surface area (Å²) in [6, 6.07) is 18.5. The van der Waals surface area contributed by atoms with Crippen LogP contribution in [0.4, 0.5) is 5.69 Å². The van der Waals surface area contributed by atoms with E-state index in [1.54, 1.807) is 11.3 Å². The summed E-state index contributed by atoms with van der Waals surface area (Å²) in [4.78, 5) is 1.95. The SMILES string of the molecule is Cc1c(C(=S)Nc2ccccc2)sc2ccccc12. The highest BCUT2D eigenvalue weighted by molar-refractivity contribution is 7.81. The molecule has 0 radical (unpaired) electrons. The van der Waals surface area contributed by atoms with Crippen molar-refractivity contribution in [3.63, 3.8) is 0 Å². The lowest BCUT2D eigenvalue weighted by atomic mass is 10.1. The molecule has 1 nitrogen and oxygen atoms in total. The molecule has 3 rings (SSSR count). The number of hydrogen-bond donors (Lipinski definition) is 1. The van der Waals surface area contributed by atoms with Crippen LogP contribution in [0.1, 0.15) is 10.4 Å². The van der Waals surface area contributed by atoms with Crippen molar-refractivity contribution in [1.82, 2.24) is 0 Å². The molecular formula is C16H13NS2. The average molecular weight is 283 g/mol. The van der Waals surface area contributed by atoms with Gasteiger partial charge in [0.05, 0.1) is 4.88 Å². The Kier molecular flexibility index (Phi) is 3.32. The minimum atomic E-state index is 0.796. The third-order valence-electron chi connectivity index (χ3n) is 3.08. The van der Waals surface area contributed by atoms with Crippen molar-refractivity contribution in [3.8, 4) is 0 Å². The topological polar surface area (TPSA) is 12.0 Å². The van der Waals surface area contributed by atoms with Crippen molar-refractivity contribution in [2.24, 2.45) is 0 Å². The number of rotatable bonds is 2. The van der Waals surface area contributed by atoms with E-state index >= 15 is 0 Å². The van der Waals surface area contributed by atoms with Crippen molar-refractivity contribution in [3.05, 3.63) is 65.0 Å². The van der Waals surface area contributed by atoms with E-state index in [0.717, 1.165) is 15.6 Å². The zero-order chi connectivity index (χ0) is 13.2. The highest BCUT2D eigenvalue weighted by atomic mass is 32.1. The van der Waals surface area contributed by atoms with Gasteiger partial charge in [-0.3, -0.25) is 0 Å². The summed E-state index contributed by atoms with van der Waals surface area (Å²) in [5, 5.41) is 4.59. The molecule has 1 N–H and O–H groups in total. The minimum absolute atomic E-state index is 0.796. The van der Waals surface area contributed by atoms with E-state index < -0.39 is 0 Å². The fourth-order valence-corrected chi connectivity index (χ4v) is 3.60. The Morgan fingerprint density at radius 1 is 1.00 bits per heavy atom. The average Bonchev–Trinajstić information content (AvgIpc) is 2.78. The molecule has 0 unspecified atom stereocenters. The van der Waals surface area contributed by atoms with Crippen LogP contribution in [-0.4, -0.2) is 4.99 Å². The molecule has 3 heteroatoms. The van der Waals surface area contributed by atoms with Crippen LogP contribution < -0.4 is 5.32 Å². The summed E-state index contributed by atoms with van der Waals surface area (Å²) in [5.41, 5.74) is 2.29. The van der Waals surface area contributed by atoms with Gasteiger partial charge in [0.15, 0.2) is 0 Å². The van der Waals surface area contributed by atoms with Crippen molar-refractivity contribution >= 4 is 44.3 Å². The second-order valence-corrected chi connectivity index (χ2v) is 5.83. The van der Waals surface area contributed by atoms with Gasteiger partial charge in [0, 0.05) is 10.4 Å². The molecule has 2 aromatic carbocycles. The maximum atomic E-state index is 5.53. The third kappa shape index (κ3) is 2.39. The molecule has 0 saturated carbocycles. The molecule has 0 aliphatic heterocycles. The number of fused-ring (bicyclic) bond motifs is 1. The molecule has 3 aromatic rings. The summed E-state index contributed by atoms with van der Waals surface area (Å²) in [6.07, 6.45) is 0. The van der Waals surface area contributed by atoms with Crippen LogP contribution in [-0.2, 0) is 0 Å². The summed E-state index contributed by atoms with van der Waals surface area (Å²) in [7, 11) is 0. The van der Waals surface area contributed by atoms with Gasteiger partial charge in [-0.25, -0.2) is 0 Å². The number of hydrogen-bond acceptors (Lipinski definition) is 2. The van der Waals surface area contributed by atoms with E-state index in [1.165, 1.54) is 15.6 Å². The largest absolute Gasteiger partial charge is 0.345 e. The molecule has 0 aliphatic carbocycles. The van der Waals surface area contributed by atoms with E-state index in [0.29, 0.717) is 0 Å². The number of nitrogens with one attached hydrogen (secondary N) is 1. The van der Waals surface area contributed by atoms with Gasteiger partial charge in [0.25, 0.3) is 0 Å². The van der Waals surface area contributed by atoms with Crippen LogP contribution in [0.2, 0.25) is 0 Å². The van der Waals surface area contributed by atoms with Crippen molar-refractivity contribution in [1.29, 1.82) is 0 Å². The number of aryl methyl sites for hydroxylation is 1. The molecule has 1 heterocycles. The highest BCUT2D eigenvalue weighted by Gasteiger charge is 2.11. The first-order valence-corrected chi connectivity index (χ1v) is 7.33. The number of thiocarbonyl (C=S) groups is 1. The summed E-state index contributed by atoms with van der Waals surface area (Å²) in [6.45, 7) is 2.13. The second kappa shape index (κ2) is 5.11. The van der Waals surface area contributed by atoms with Gasteiger partial charge in [-0.05, 0) is 36.1 Å². The van der Waals surface area contributed by atoms with E-state index in [4.69, 9.17) is 12.2 Å². The molecule has 0 bridgehead atoms. The molecule has 0 fully saturated rings. The van der Waals surface area contributed by atoms with Crippen molar-refractivity contribution in [2.45, 2.75) is 6.92 Å². The molecule has 94 valence electrons.